The lowest BCUT2D eigenvalue weighted by Gasteiger charge is -2.73. The van der Waals surface area contributed by atoms with Gasteiger partial charge in [0, 0.05) is 0 Å². The number of hydrogen-bond acceptors (Lipinski definition) is 5. The quantitative estimate of drug-likeness (QED) is 0.264. The number of aliphatic hydroxyl groups excluding tert-OH is 5. The summed E-state index contributed by atoms with van der Waals surface area (Å²) >= 11 is 0. The summed E-state index contributed by atoms with van der Waals surface area (Å²) < 4.78 is 0. The van der Waals surface area contributed by atoms with Crippen molar-refractivity contribution in [3.63, 3.8) is 0 Å². The maximum atomic E-state index is 10.8. The SMILES string of the molecule is C[C@@H](C[C@H](O)[C@@H](O)[C@@H](O)[C@H](O)CO)[C@H]1CC[C@]2(C)[C@H]3CC[C@@H]4[C@@]5(C)CCCC(C)(C)[C@H]5CC[C@@]4(C)[C@]3(C)CC[C@@H]12. The molecule has 232 valence electrons. The highest BCUT2D eigenvalue weighted by molar-refractivity contribution is 5.19. The molecule has 40 heavy (non-hydrogen) atoms. The van der Waals surface area contributed by atoms with Gasteiger partial charge in [0.25, 0.3) is 0 Å². The largest absolute Gasteiger partial charge is 0.394 e. The molecule has 5 rings (SSSR count). The fraction of sp³-hybridized carbons (Fsp3) is 1.00. The van der Waals surface area contributed by atoms with Gasteiger partial charge in [-0.25, -0.2) is 0 Å². The van der Waals surface area contributed by atoms with Crippen LogP contribution in [0, 0.1) is 62.6 Å². The van der Waals surface area contributed by atoms with Gasteiger partial charge in [0.1, 0.15) is 18.3 Å². The predicted octanol–water partition coefficient (Wildman–Crippen LogP) is 5.94. The van der Waals surface area contributed by atoms with Crippen molar-refractivity contribution in [3.8, 4) is 0 Å². The lowest BCUT2D eigenvalue weighted by molar-refractivity contribution is -0.241. The fourth-order valence-corrected chi connectivity index (χ4v) is 13.3. The van der Waals surface area contributed by atoms with E-state index in [-0.39, 0.29) is 5.92 Å². The Morgan fingerprint density at radius 3 is 1.82 bits per heavy atom. The molecule has 14 atom stereocenters. The second kappa shape index (κ2) is 10.5. The molecule has 0 saturated heterocycles. The van der Waals surface area contributed by atoms with E-state index < -0.39 is 31.0 Å². The molecule has 0 amide bonds. The van der Waals surface area contributed by atoms with Crippen molar-refractivity contribution in [1.29, 1.82) is 0 Å². The zero-order valence-electron chi connectivity index (χ0n) is 26.7. The molecule has 5 aliphatic carbocycles. The van der Waals surface area contributed by atoms with Crippen molar-refractivity contribution in [3.05, 3.63) is 0 Å². The van der Waals surface area contributed by atoms with Gasteiger partial charge in [-0.3, -0.25) is 0 Å². The van der Waals surface area contributed by atoms with Crippen LogP contribution in [-0.2, 0) is 0 Å². The Labute approximate surface area is 244 Å². The van der Waals surface area contributed by atoms with Gasteiger partial charge in [0.05, 0.1) is 12.7 Å². The Balaban J connectivity index is 1.34. The van der Waals surface area contributed by atoms with Crippen molar-refractivity contribution < 1.29 is 25.5 Å². The molecular formula is C35H62O5. The predicted molar refractivity (Wildman–Crippen MR) is 159 cm³/mol. The van der Waals surface area contributed by atoms with Crippen LogP contribution in [0.25, 0.3) is 0 Å². The molecule has 5 nitrogen and oxygen atoms in total. The van der Waals surface area contributed by atoms with Crippen LogP contribution in [0.2, 0.25) is 0 Å². The zero-order chi connectivity index (χ0) is 29.5. The molecule has 0 bridgehead atoms. The molecule has 0 aliphatic heterocycles. The van der Waals surface area contributed by atoms with Crippen LogP contribution in [0.4, 0.5) is 0 Å². The molecule has 5 aliphatic rings. The summed E-state index contributed by atoms with van der Waals surface area (Å²) in [6.07, 6.45) is 9.59. The van der Waals surface area contributed by atoms with E-state index in [2.05, 4.69) is 48.5 Å². The Morgan fingerprint density at radius 1 is 0.625 bits per heavy atom. The normalized spacial score (nSPS) is 50.0. The Hall–Kier alpha value is -0.200. The van der Waals surface area contributed by atoms with Crippen LogP contribution < -0.4 is 0 Å². The molecule has 5 N–H and O–H groups in total. The molecule has 0 aromatic carbocycles. The van der Waals surface area contributed by atoms with Gasteiger partial charge in [-0.2, -0.15) is 0 Å². The summed E-state index contributed by atoms with van der Waals surface area (Å²) in [6.45, 7) is 17.4. The first-order valence-corrected chi connectivity index (χ1v) is 16.9. The van der Waals surface area contributed by atoms with Crippen LogP contribution in [0.1, 0.15) is 126 Å². The van der Waals surface area contributed by atoms with Gasteiger partial charge >= 0.3 is 0 Å². The fourth-order valence-electron chi connectivity index (χ4n) is 13.3. The van der Waals surface area contributed by atoms with Crippen molar-refractivity contribution in [2.75, 3.05) is 6.61 Å². The van der Waals surface area contributed by atoms with E-state index in [1.165, 1.54) is 70.6 Å². The zero-order valence-corrected chi connectivity index (χ0v) is 26.7. The van der Waals surface area contributed by atoms with Crippen LogP contribution in [-0.4, -0.2) is 56.6 Å². The van der Waals surface area contributed by atoms with E-state index in [0.29, 0.717) is 45.3 Å². The third-order valence-electron chi connectivity index (χ3n) is 15.4. The first kappa shape index (κ1) is 31.2. The highest BCUT2D eigenvalue weighted by atomic mass is 16.4. The molecule has 5 fully saturated rings. The van der Waals surface area contributed by atoms with Crippen LogP contribution in [0.15, 0.2) is 0 Å². The first-order valence-electron chi connectivity index (χ1n) is 16.9. The summed E-state index contributed by atoms with van der Waals surface area (Å²) in [7, 11) is 0. The maximum Gasteiger partial charge on any atom is 0.110 e. The average Bonchev–Trinajstić information content (AvgIpc) is 3.24. The second-order valence-corrected chi connectivity index (χ2v) is 17.3. The maximum absolute atomic E-state index is 10.8. The minimum Gasteiger partial charge on any atom is -0.394 e. The number of hydrogen-bond donors (Lipinski definition) is 5. The minimum atomic E-state index is -1.54. The Bertz CT molecular complexity index is 921. The van der Waals surface area contributed by atoms with E-state index >= 15 is 0 Å². The molecule has 0 aromatic rings. The summed E-state index contributed by atoms with van der Waals surface area (Å²) in [5, 5.41) is 50.3. The van der Waals surface area contributed by atoms with Crippen molar-refractivity contribution in [1.82, 2.24) is 0 Å². The number of fused-ring (bicyclic) bond motifs is 7. The molecule has 0 heterocycles. The first-order chi connectivity index (χ1) is 18.6. The van der Waals surface area contributed by atoms with E-state index in [1.54, 1.807) is 0 Å². The van der Waals surface area contributed by atoms with Crippen molar-refractivity contribution in [2.24, 2.45) is 62.6 Å². The molecule has 5 heteroatoms. The van der Waals surface area contributed by atoms with E-state index in [0.717, 1.165) is 17.8 Å². The molecular weight excluding hydrogens is 500 g/mol. The van der Waals surface area contributed by atoms with E-state index in [4.69, 9.17) is 5.11 Å². The van der Waals surface area contributed by atoms with Crippen LogP contribution in [0.5, 0.6) is 0 Å². The Morgan fingerprint density at radius 2 is 1.20 bits per heavy atom. The van der Waals surface area contributed by atoms with Gasteiger partial charge in [-0.05, 0) is 133 Å². The van der Waals surface area contributed by atoms with E-state index in [1.807, 2.05) is 0 Å². The highest BCUT2D eigenvalue weighted by Crippen LogP contribution is 2.78. The van der Waals surface area contributed by atoms with Crippen LogP contribution in [0.3, 0.4) is 0 Å². The van der Waals surface area contributed by atoms with Gasteiger partial charge in [-0.1, -0.05) is 54.9 Å². The lowest BCUT2D eigenvalue weighted by Crippen LogP contribution is -2.65. The van der Waals surface area contributed by atoms with Gasteiger partial charge in [-0.15, -0.1) is 0 Å². The smallest absolute Gasteiger partial charge is 0.110 e. The number of rotatable bonds is 7. The van der Waals surface area contributed by atoms with Crippen molar-refractivity contribution in [2.45, 2.75) is 150 Å². The molecule has 0 unspecified atom stereocenters. The van der Waals surface area contributed by atoms with E-state index in [9.17, 15) is 20.4 Å². The summed E-state index contributed by atoms with van der Waals surface area (Å²) in [4.78, 5) is 0. The minimum absolute atomic E-state index is 0.227. The third-order valence-corrected chi connectivity index (χ3v) is 15.4. The average molecular weight is 563 g/mol. The molecule has 0 aromatic heterocycles. The standard InChI is InChI=1S/C35H62O5/c1-21(19-24(37)29(39)30(40)25(38)20-36)22-11-16-32(4)23(22)12-17-34(6)27(32)9-10-28-33(5)15-8-14-31(2,3)26(33)13-18-35(28,34)7/h21-30,36-40H,8-20H2,1-7H3/t21-,22+,23-,24-,25+,26+,27+,28+,29+,30-,32-,33-,34+,35+/m0/s1. The molecule has 0 radical (unpaired) electrons. The summed E-state index contributed by atoms with van der Waals surface area (Å²) in [5.41, 5.74) is 2.03. The highest BCUT2D eigenvalue weighted by Gasteiger charge is 2.70. The second-order valence-electron chi connectivity index (χ2n) is 17.3. The van der Waals surface area contributed by atoms with Gasteiger partial charge in [0.2, 0.25) is 0 Å². The lowest BCUT2D eigenvalue weighted by atomic mass is 9.32. The summed E-state index contributed by atoms with van der Waals surface area (Å²) in [6, 6.07) is 0. The summed E-state index contributed by atoms with van der Waals surface area (Å²) in [5.74, 6) is 3.80. The van der Waals surface area contributed by atoms with Crippen molar-refractivity contribution >= 4 is 0 Å². The Kier molecular flexibility index (Phi) is 8.17. The number of aliphatic hydroxyl groups is 5. The van der Waals surface area contributed by atoms with Crippen LogP contribution >= 0.6 is 0 Å². The topological polar surface area (TPSA) is 101 Å². The van der Waals surface area contributed by atoms with Gasteiger partial charge < -0.3 is 25.5 Å². The third kappa shape index (κ3) is 4.41. The molecule has 5 saturated carbocycles. The van der Waals surface area contributed by atoms with Gasteiger partial charge in [0.15, 0.2) is 0 Å². The monoisotopic (exact) mass is 562 g/mol. The molecule has 0 spiro atoms.